The Kier molecular flexibility index (Phi) is 21.0. The Hall–Kier alpha value is -8.49. The van der Waals surface area contributed by atoms with E-state index in [1.165, 1.54) is 43.5 Å². The van der Waals surface area contributed by atoms with Crippen LogP contribution in [0.3, 0.4) is 0 Å². The fraction of sp³-hybridized carbons (Fsp3) is 0.136. The maximum Gasteiger partial charge on any atom is 0.335 e. The highest BCUT2D eigenvalue weighted by Crippen LogP contribution is 2.23. The summed E-state index contributed by atoms with van der Waals surface area (Å²) in [6, 6.07) is 53.9. The van der Waals surface area contributed by atoms with E-state index in [9.17, 15) is 49.9 Å². The van der Waals surface area contributed by atoms with Crippen molar-refractivity contribution in [3.8, 4) is 5.75 Å². The topological polar surface area (TPSA) is 260 Å². The number of aromatic carboxylic acids is 3. The van der Waals surface area contributed by atoms with Crippen molar-refractivity contribution in [2.45, 2.75) is 48.3 Å². The van der Waals surface area contributed by atoms with Gasteiger partial charge in [0.2, 0.25) is 10.0 Å². The van der Waals surface area contributed by atoms with Gasteiger partial charge in [0.25, 0.3) is 20.0 Å². The number of hydrogen-bond donors (Lipinski definition) is 6. The minimum atomic E-state index is -3.69. The molecular weight excluding hydrogens is 1090 g/mol. The largest absolute Gasteiger partial charge is 0.497 e. The maximum atomic E-state index is 12.5. The predicted molar refractivity (Wildman–Crippen MR) is 306 cm³/mol. The zero-order valence-corrected chi connectivity index (χ0v) is 46.0. The number of aryl methyl sites for hydroxylation is 6. The monoisotopic (exact) mass is 1150 g/mol. The molecule has 0 fully saturated rings. The molecule has 0 saturated heterocycles. The van der Waals surface area contributed by atoms with Gasteiger partial charge in [-0.2, -0.15) is 0 Å². The number of carbonyl (C=O) groups is 3. The van der Waals surface area contributed by atoms with Gasteiger partial charge in [0.05, 0.1) is 39.8 Å². The lowest BCUT2D eigenvalue weighted by Gasteiger charge is -2.10. The molecule has 0 aromatic heterocycles. The second-order valence-electron chi connectivity index (χ2n) is 17.7. The van der Waals surface area contributed by atoms with E-state index in [-0.39, 0.29) is 9.79 Å². The van der Waals surface area contributed by atoms with E-state index in [0.29, 0.717) is 83.0 Å². The summed E-state index contributed by atoms with van der Waals surface area (Å²) < 4.78 is 84.6. The molecule has 0 heterocycles. The van der Waals surface area contributed by atoms with Gasteiger partial charge in [0.15, 0.2) is 0 Å². The van der Waals surface area contributed by atoms with Crippen LogP contribution in [0.5, 0.6) is 5.75 Å². The van der Waals surface area contributed by atoms with Gasteiger partial charge >= 0.3 is 17.9 Å². The van der Waals surface area contributed by atoms with E-state index < -0.39 is 48.0 Å². The molecule has 410 valence electrons. The Morgan fingerprint density at radius 2 is 0.696 bits per heavy atom. The molecule has 0 bridgehead atoms. The van der Waals surface area contributed by atoms with E-state index in [1.54, 1.807) is 97.1 Å². The molecule has 0 amide bonds. The van der Waals surface area contributed by atoms with Crippen molar-refractivity contribution in [2.75, 3.05) is 27.5 Å². The molecule has 0 atom stereocenters. The molecule has 0 unspecified atom stereocenters. The highest BCUT2D eigenvalue weighted by molar-refractivity contribution is 7.93. The first-order chi connectivity index (χ1) is 37.6. The summed E-state index contributed by atoms with van der Waals surface area (Å²) in [5, 5.41) is 28.1. The van der Waals surface area contributed by atoms with Crippen LogP contribution >= 0.6 is 11.6 Å². The first-order valence-corrected chi connectivity index (χ1v) is 29.5. The van der Waals surface area contributed by atoms with Gasteiger partial charge < -0.3 is 20.1 Å². The lowest BCUT2D eigenvalue weighted by Crippen LogP contribution is -2.12. The first-order valence-electron chi connectivity index (χ1n) is 24.2. The number of anilines is 3. The van der Waals surface area contributed by atoms with Crippen molar-refractivity contribution >= 4 is 76.6 Å². The van der Waals surface area contributed by atoms with Gasteiger partial charge in [-0.25, -0.2) is 39.6 Å². The van der Waals surface area contributed by atoms with Crippen LogP contribution < -0.4 is 18.9 Å². The standard InChI is InChI=1S/C22H21NO5S.C21H18ClNO4S.C16H17NO4S/c1-28-19-12-14-20(15-13-19)29(26,27)23-18-10-7-16(8-11-18)6-9-17-4-2-3-5-21(17)22(24)25;22-17-9-13-19(14-10-17)28(26,27)23-18-11-6-15(7-12-18)5-8-16-3-1-2-4-20(16)21(24)25;1-22(20,21)17-14-10-7-12(8-11-14)6-9-13-4-2-3-5-15(13)16(18)19/h2-5,7-8,10-15,23H,6,9H2,1H3,(H,24,25);1-4,6-7,9-14,23H,5,8H2,(H,24,25);2-5,7-8,10-11,17H,6,9H2,1H3,(H,18,19). The molecule has 0 saturated carbocycles. The second kappa shape index (κ2) is 27.7. The molecule has 6 N–H and O–H groups in total. The molecular formula is C59H56ClN3O13S3. The highest BCUT2D eigenvalue weighted by Gasteiger charge is 2.17. The van der Waals surface area contributed by atoms with Crippen LogP contribution in [-0.2, 0) is 68.6 Å². The third-order valence-corrected chi connectivity index (χ3v) is 15.6. The Morgan fingerprint density at radius 3 is 0.987 bits per heavy atom. The quantitative estimate of drug-likeness (QED) is 0.0392. The lowest BCUT2D eigenvalue weighted by atomic mass is 10.00. The van der Waals surface area contributed by atoms with Crippen molar-refractivity contribution in [1.82, 2.24) is 0 Å². The summed E-state index contributed by atoms with van der Waals surface area (Å²) in [6.45, 7) is 0. The number of sulfonamides is 3. The van der Waals surface area contributed by atoms with Crippen LogP contribution in [0.1, 0.15) is 64.5 Å². The van der Waals surface area contributed by atoms with Crippen LogP contribution in [0.2, 0.25) is 5.02 Å². The molecule has 8 rings (SSSR count). The number of benzene rings is 8. The maximum absolute atomic E-state index is 12.5. The van der Waals surface area contributed by atoms with Crippen LogP contribution in [0.4, 0.5) is 17.1 Å². The van der Waals surface area contributed by atoms with E-state index in [2.05, 4.69) is 14.2 Å². The molecule has 8 aromatic carbocycles. The van der Waals surface area contributed by atoms with Gasteiger partial charge in [-0.15, -0.1) is 0 Å². The van der Waals surface area contributed by atoms with E-state index in [4.69, 9.17) is 21.4 Å². The Bertz CT molecular complexity index is 3710. The number of carboxylic acids is 3. The SMILES string of the molecule is COc1ccc(S(=O)(=O)Nc2ccc(CCc3ccccc3C(=O)O)cc2)cc1.CS(=O)(=O)Nc1ccc(CCc2ccccc2C(=O)O)cc1.O=C(O)c1ccccc1CCc1ccc(NS(=O)(=O)c2ccc(Cl)cc2)cc1. The number of rotatable bonds is 21. The summed E-state index contributed by atoms with van der Waals surface area (Å²) in [4.78, 5) is 34.0. The summed E-state index contributed by atoms with van der Waals surface area (Å²) in [5.74, 6) is -2.23. The van der Waals surface area contributed by atoms with E-state index >= 15 is 0 Å². The minimum Gasteiger partial charge on any atom is -0.497 e. The minimum absolute atomic E-state index is 0.131. The smallest absolute Gasteiger partial charge is 0.335 e. The van der Waals surface area contributed by atoms with Crippen molar-refractivity contribution in [3.63, 3.8) is 0 Å². The first kappa shape index (κ1) is 59.7. The normalized spacial score (nSPS) is 11.1. The molecule has 0 spiro atoms. The van der Waals surface area contributed by atoms with E-state index in [1.807, 2.05) is 60.7 Å². The number of hydrogen-bond acceptors (Lipinski definition) is 10. The highest BCUT2D eigenvalue weighted by atomic mass is 35.5. The average Bonchev–Trinajstić information content (AvgIpc) is 3.42. The summed E-state index contributed by atoms with van der Waals surface area (Å²) in [7, 11) is -9.14. The number of ether oxygens (including phenoxy) is 1. The molecule has 0 aliphatic carbocycles. The summed E-state index contributed by atoms with van der Waals surface area (Å²) >= 11 is 5.79. The summed E-state index contributed by atoms with van der Waals surface area (Å²) in [6.07, 6.45) is 4.86. The third kappa shape index (κ3) is 18.6. The molecule has 8 aromatic rings. The van der Waals surface area contributed by atoms with Crippen LogP contribution in [0.15, 0.2) is 204 Å². The fourth-order valence-electron chi connectivity index (χ4n) is 7.91. The fourth-order valence-corrected chi connectivity index (χ4v) is 10.7. The van der Waals surface area contributed by atoms with Gasteiger partial charge in [-0.05, 0) is 175 Å². The third-order valence-electron chi connectivity index (χ3n) is 12.0. The van der Waals surface area contributed by atoms with Gasteiger partial charge in [0.1, 0.15) is 5.75 Å². The molecule has 0 aliphatic rings. The number of carboxylic acid groups (broad SMARTS) is 3. The van der Waals surface area contributed by atoms with Crippen molar-refractivity contribution < 1.29 is 59.7 Å². The zero-order valence-electron chi connectivity index (χ0n) is 42.7. The van der Waals surface area contributed by atoms with Gasteiger partial charge in [0, 0.05) is 22.1 Å². The van der Waals surface area contributed by atoms with Crippen molar-refractivity contribution in [3.05, 3.63) is 249 Å². The van der Waals surface area contributed by atoms with Crippen molar-refractivity contribution in [2.24, 2.45) is 0 Å². The molecule has 16 nitrogen and oxygen atoms in total. The summed E-state index contributed by atoms with van der Waals surface area (Å²) in [5.41, 5.74) is 7.63. The Balaban J connectivity index is 0.000000193. The van der Waals surface area contributed by atoms with Crippen molar-refractivity contribution in [1.29, 1.82) is 0 Å². The van der Waals surface area contributed by atoms with Crippen LogP contribution in [0, 0.1) is 0 Å². The van der Waals surface area contributed by atoms with E-state index in [0.717, 1.165) is 39.6 Å². The molecule has 0 aliphatic heterocycles. The Labute approximate surface area is 464 Å². The second-order valence-corrected chi connectivity index (χ2v) is 23.2. The number of nitrogens with one attached hydrogen (secondary N) is 3. The molecule has 0 radical (unpaired) electrons. The number of halogens is 1. The van der Waals surface area contributed by atoms with Crippen LogP contribution in [-0.4, -0.2) is 71.8 Å². The van der Waals surface area contributed by atoms with Gasteiger partial charge in [-0.1, -0.05) is 103 Å². The average molecular weight is 1150 g/mol. The van der Waals surface area contributed by atoms with Crippen LogP contribution in [0.25, 0.3) is 0 Å². The predicted octanol–water partition coefficient (Wildman–Crippen LogP) is 11.1. The van der Waals surface area contributed by atoms with Gasteiger partial charge in [-0.3, -0.25) is 14.2 Å². The zero-order chi connectivity index (χ0) is 57.2. The molecule has 79 heavy (non-hydrogen) atoms. The lowest BCUT2D eigenvalue weighted by molar-refractivity contribution is 0.0684. The Morgan fingerprint density at radius 1 is 0.405 bits per heavy atom. The number of methoxy groups -OCH3 is 1. The molecule has 20 heteroatoms.